The molecule has 0 aromatic heterocycles. The zero-order valence-electron chi connectivity index (χ0n) is 8.65. The molecule has 8 heteroatoms. The van der Waals surface area contributed by atoms with Crippen LogP contribution in [-0.4, -0.2) is 40.9 Å². The van der Waals surface area contributed by atoms with Gasteiger partial charge in [-0.2, -0.15) is 0 Å². The number of alkyl halides is 1. The summed E-state index contributed by atoms with van der Waals surface area (Å²) in [6.07, 6.45) is 0.766. The fourth-order valence-electron chi connectivity index (χ4n) is 0.994. The highest BCUT2D eigenvalue weighted by atomic mass is 79.9. The second-order valence-electron chi connectivity index (χ2n) is 3.04. The molecule has 0 heterocycles. The Kier molecular flexibility index (Phi) is 7.27. The van der Waals surface area contributed by atoms with Gasteiger partial charge < -0.3 is 21.9 Å². The minimum atomic E-state index is -1.07. The summed E-state index contributed by atoms with van der Waals surface area (Å²) >= 11 is 2.93. The second-order valence-corrected chi connectivity index (χ2v) is 3.60. The van der Waals surface area contributed by atoms with E-state index in [9.17, 15) is 9.59 Å². The fraction of sp³-hybridized carbons (Fsp3) is 0.625. The van der Waals surface area contributed by atoms with Crippen LogP contribution in [0, 0.1) is 0 Å². The molecular weight excluding hydrogens is 280 g/mol. The molecule has 0 saturated heterocycles. The number of amides is 1. The maximum Gasteiger partial charge on any atom is 0.326 e. The van der Waals surface area contributed by atoms with Gasteiger partial charge in [0.2, 0.25) is 5.91 Å². The third-order valence-electron chi connectivity index (χ3n) is 1.70. The molecule has 1 amide bonds. The maximum absolute atomic E-state index is 11.0. The number of aliphatic carboxylic acids is 1. The summed E-state index contributed by atoms with van der Waals surface area (Å²) in [7, 11) is 0. The average Bonchev–Trinajstić information content (AvgIpc) is 2.21. The first-order valence-electron chi connectivity index (χ1n) is 4.61. The van der Waals surface area contributed by atoms with Crippen LogP contribution in [0.2, 0.25) is 0 Å². The van der Waals surface area contributed by atoms with Crippen molar-refractivity contribution in [2.45, 2.75) is 18.9 Å². The van der Waals surface area contributed by atoms with Gasteiger partial charge in [-0.05, 0) is 12.8 Å². The summed E-state index contributed by atoms with van der Waals surface area (Å²) in [4.78, 5) is 25.5. The Hall–Kier alpha value is -1.31. The molecule has 0 radical (unpaired) electrons. The van der Waals surface area contributed by atoms with Gasteiger partial charge >= 0.3 is 5.97 Å². The van der Waals surface area contributed by atoms with Crippen LogP contribution in [0.25, 0.3) is 0 Å². The number of rotatable bonds is 7. The van der Waals surface area contributed by atoms with Crippen LogP contribution in [0.1, 0.15) is 12.8 Å². The second kappa shape index (κ2) is 7.91. The van der Waals surface area contributed by atoms with Crippen molar-refractivity contribution in [3.8, 4) is 0 Å². The number of halogens is 1. The molecule has 0 saturated carbocycles. The van der Waals surface area contributed by atoms with E-state index in [1.165, 1.54) is 0 Å². The van der Waals surface area contributed by atoms with E-state index in [0.717, 1.165) is 0 Å². The summed E-state index contributed by atoms with van der Waals surface area (Å²) in [6, 6.07) is -0.903. The fourth-order valence-corrected chi connectivity index (χ4v) is 1.16. The molecule has 0 aliphatic carbocycles. The predicted molar refractivity (Wildman–Crippen MR) is 63.3 cm³/mol. The number of carboxylic acid groups (broad SMARTS) is 1. The van der Waals surface area contributed by atoms with Gasteiger partial charge in [-0.25, -0.2) is 4.79 Å². The highest BCUT2D eigenvalue weighted by Crippen LogP contribution is 1.99. The quantitative estimate of drug-likeness (QED) is 0.207. The lowest BCUT2D eigenvalue weighted by Gasteiger charge is -2.12. The van der Waals surface area contributed by atoms with E-state index in [0.29, 0.717) is 13.0 Å². The van der Waals surface area contributed by atoms with E-state index in [4.69, 9.17) is 16.6 Å². The highest BCUT2D eigenvalue weighted by Gasteiger charge is 2.18. The van der Waals surface area contributed by atoms with Gasteiger partial charge in [0.15, 0.2) is 5.96 Å². The number of nitrogens with two attached hydrogens (primary N) is 2. The predicted octanol–water partition coefficient (Wildman–Crippen LogP) is -0.996. The van der Waals surface area contributed by atoms with Crippen LogP contribution >= 0.6 is 15.9 Å². The summed E-state index contributed by atoms with van der Waals surface area (Å²) in [6.45, 7) is 0.344. The normalized spacial score (nSPS) is 11.6. The average molecular weight is 295 g/mol. The zero-order chi connectivity index (χ0) is 12.6. The van der Waals surface area contributed by atoms with E-state index in [-0.39, 0.29) is 23.6 Å². The first-order chi connectivity index (χ1) is 7.47. The molecule has 0 bridgehead atoms. The van der Waals surface area contributed by atoms with Crippen molar-refractivity contribution in [1.82, 2.24) is 5.32 Å². The molecule has 0 rings (SSSR count). The number of guanidine groups is 1. The van der Waals surface area contributed by atoms with Crippen LogP contribution in [0.5, 0.6) is 0 Å². The molecular formula is C8H15BrN4O3. The number of carbonyl (C=O) groups excluding carboxylic acids is 1. The van der Waals surface area contributed by atoms with Gasteiger partial charge in [-0.1, -0.05) is 15.9 Å². The lowest BCUT2D eigenvalue weighted by atomic mass is 10.1. The van der Waals surface area contributed by atoms with Crippen molar-refractivity contribution in [3.63, 3.8) is 0 Å². The Morgan fingerprint density at radius 1 is 1.44 bits per heavy atom. The third kappa shape index (κ3) is 7.04. The molecule has 0 unspecified atom stereocenters. The maximum atomic E-state index is 11.0. The molecule has 16 heavy (non-hydrogen) atoms. The molecule has 92 valence electrons. The molecule has 0 aliphatic rings. The van der Waals surface area contributed by atoms with E-state index in [2.05, 4.69) is 26.2 Å². The lowest BCUT2D eigenvalue weighted by Crippen LogP contribution is -2.41. The van der Waals surface area contributed by atoms with Crippen molar-refractivity contribution in [1.29, 1.82) is 0 Å². The molecule has 6 N–H and O–H groups in total. The summed E-state index contributed by atoms with van der Waals surface area (Å²) in [5, 5.41) is 11.2. The monoisotopic (exact) mass is 294 g/mol. The molecule has 0 aliphatic heterocycles. The Morgan fingerprint density at radius 2 is 2.06 bits per heavy atom. The summed E-state index contributed by atoms with van der Waals surface area (Å²) < 4.78 is 0. The largest absolute Gasteiger partial charge is 0.480 e. The van der Waals surface area contributed by atoms with E-state index >= 15 is 0 Å². The van der Waals surface area contributed by atoms with E-state index in [1.807, 2.05) is 0 Å². The zero-order valence-corrected chi connectivity index (χ0v) is 10.2. The Morgan fingerprint density at radius 3 is 2.50 bits per heavy atom. The number of carbonyl (C=O) groups is 2. The van der Waals surface area contributed by atoms with Gasteiger partial charge in [0.1, 0.15) is 6.04 Å². The number of hydrogen-bond donors (Lipinski definition) is 4. The Balaban J connectivity index is 4.00. The topological polar surface area (TPSA) is 131 Å². The first-order valence-corrected chi connectivity index (χ1v) is 5.73. The van der Waals surface area contributed by atoms with Gasteiger partial charge in [-0.15, -0.1) is 0 Å². The van der Waals surface area contributed by atoms with Gasteiger partial charge in [0.25, 0.3) is 0 Å². The minimum Gasteiger partial charge on any atom is -0.480 e. The molecule has 0 spiro atoms. The number of aliphatic imine (C=N–C) groups is 1. The molecule has 1 atom stereocenters. The van der Waals surface area contributed by atoms with E-state index < -0.39 is 12.0 Å². The highest BCUT2D eigenvalue weighted by molar-refractivity contribution is 9.09. The molecule has 7 nitrogen and oxygen atoms in total. The van der Waals surface area contributed by atoms with Crippen LogP contribution in [0.4, 0.5) is 0 Å². The lowest BCUT2D eigenvalue weighted by molar-refractivity contribution is -0.141. The standard InChI is InChI=1S/C8H15BrN4O3/c9-4-6(14)13-5(7(15)16)2-1-3-12-8(10)11/h5H,1-4H2,(H,13,14)(H,15,16)(H4,10,11,12)/t5-/m0/s1. The molecule has 0 aromatic carbocycles. The minimum absolute atomic E-state index is 0.0311. The van der Waals surface area contributed by atoms with Gasteiger partial charge in [-0.3, -0.25) is 9.79 Å². The van der Waals surface area contributed by atoms with Crippen molar-refractivity contribution in [2.75, 3.05) is 11.9 Å². The number of nitrogens with zero attached hydrogens (tertiary/aromatic N) is 1. The molecule has 0 aromatic rings. The van der Waals surface area contributed by atoms with Crippen molar-refractivity contribution >= 4 is 33.8 Å². The van der Waals surface area contributed by atoms with Gasteiger partial charge in [0.05, 0.1) is 5.33 Å². The van der Waals surface area contributed by atoms with Crippen LogP contribution < -0.4 is 16.8 Å². The summed E-state index contributed by atoms with van der Waals surface area (Å²) in [5.41, 5.74) is 10.2. The van der Waals surface area contributed by atoms with Crippen LogP contribution in [0.15, 0.2) is 4.99 Å². The SMILES string of the molecule is NC(N)=NCCC[C@H](NC(=O)CBr)C(=O)O. The molecule has 0 fully saturated rings. The number of nitrogens with one attached hydrogen (secondary N) is 1. The summed E-state index contributed by atoms with van der Waals surface area (Å²) in [5.74, 6) is -1.47. The third-order valence-corrected chi connectivity index (χ3v) is 2.21. The van der Waals surface area contributed by atoms with Crippen molar-refractivity contribution < 1.29 is 14.7 Å². The van der Waals surface area contributed by atoms with Gasteiger partial charge in [0, 0.05) is 6.54 Å². The first kappa shape index (κ1) is 14.7. The number of hydrogen-bond acceptors (Lipinski definition) is 3. The Labute approximate surface area is 101 Å². The van der Waals surface area contributed by atoms with Crippen molar-refractivity contribution in [3.05, 3.63) is 0 Å². The van der Waals surface area contributed by atoms with Crippen LogP contribution in [-0.2, 0) is 9.59 Å². The Bertz CT molecular complexity index is 278. The smallest absolute Gasteiger partial charge is 0.326 e. The van der Waals surface area contributed by atoms with Crippen molar-refractivity contribution in [2.24, 2.45) is 16.5 Å². The van der Waals surface area contributed by atoms with Crippen LogP contribution in [0.3, 0.4) is 0 Å². The number of carboxylic acids is 1. The van der Waals surface area contributed by atoms with E-state index in [1.54, 1.807) is 0 Å².